The van der Waals surface area contributed by atoms with Crippen molar-refractivity contribution in [2.24, 2.45) is 0 Å². The predicted octanol–water partition coefficient (Wildman–Crippen LogP) is 1.52. The molecule has 0 unspecified atom stereocenters. The Hall–Kier alpha value is -2.83. The van der Waals surface area contributed by atoms with Gasteiger partial charge in [0.1, 0.15) is 5.82 Å². The highest BCUT2D eigenvalue weighted by atomic mass is 19.1. The fourth-order valence-electron chi connectivity index (χ4n) is 1.80. The predicted molar refractivity (Wildman–Crippen MR) is 80.0 cm³/mol. The quantitative estimate of drug-likeness (QED) is 0.817. The van der Waals surface area contributed by atoms with E-state index in [4.69, 9.17) is 4.74 Å². The van der Waals surface area contributed by atoms with Crippen LogP contribution in [0.4, 0.5) is 4.39 Å². The van der Waals surface area contributed by atoms with Crippen LogP contribution in [0, 0.1) is 5.82 Å². The molecule has 1 atom stereocenters. The molecule has 0 spiro atoms. The number of hydrogen-bond acceptors (Lipinski definition) is 5. The Morgan fingerprint density at radius 2 is 2.00 bits per heavy atom. The smallest absolute Gasteiger partial charge is 0.359 e. The van der Waals surface area contributed by atoms with Crippen LogP contribution in [-0.4, -0.2) is 34.5 Å². The van der Waals surface area contributed by atoms with Gasteiger partial charge in [-0.1, -0.05) is 12.1 Å². The second kappa shape index (κ2) is 7.98. The van der Waals surface area contributed by atoms with Gasteiger partial charge < -0.3 is 10.1 Å². The molecule has 0 radical (unpaired) electrons. The highest BCUT2D eigenvalue weighted by Gasteiger charge is 2.19. The Morgan fingerprint density at radius 3 is 2.65 bits per heavy atom. The average molecular weight is 317 g/mol. The SMILES string of the molecule is C[C@H](OC(=O)c1cnccn1)C(=O)NCCc1ccc(F)cc1. The maximum atomic E-state index is 12.8. The molecule has 2 aromatic rings. The molecule has 1 heterocycles. The molecule has 0 fully saturated rings. The first-order chi connectivity index (χ1) is 11.1. The lowest BCUT2D eigenvalue weighted by molar-refractivity contribution is -0.129. The molecule has 1 N–H and O–H groups in total. The fourth-order valence-corrected chi connectivity index (χ4v) is 1.80. The van der Waals surface area contributed by atoms with Crippen molar-refractivity contribution in [1.29, 1.82) is 0 Å². The van der Waals surface area contributed by atoms with Gasteiger partial charge in [0.2, 0.25) is 0 Å². The van der Waals surface area contributed by atoms with Gasteiger partial charge in [0.25, 0.3) is 5.91 Å². The van der Waals surface area contributed by atoms with Crippen LogP contribution in [0.5, 0.6) is 0 Å². The van der Waals surface area contributed by atoms with Gasteiger partial charge in [0, 0.05) is 18.9 Å². The molecule has 1 amide bonds. The Morgan fingerprint density at radius 1 is 1.26 bits per heavy atom. The van der Waals surface area contributed by atoms with Gasteiger partial charge >= 0.3 is 5.97 Å². The third-order valence-corrected chi connectivity index (χ3v) is 3.05. The number of carbonyl (C=O) groups excluding carboxylic acids is 2. The van der Waals surface area contributed by atoms with Gasteiger partial charge in [-0.05, 0) is 31.0 Å². The van der Waals surface area contributed by atoms with Gasteiger partial charge in [-0.15, -0.1) is 0 Å². The number of aromatic nitrogens is 2. The number of carbonyl (C=O) groups is 2. The molecule has 120 valence electrons. The molecule has 0 aliphatic rings. The highest BCUT2D eigenvalue weighted by Crippen LogP contribution is 2.03. The van der Waals surface area contributed by atoms with Crippen LogP contribution in [0.2, 0.25) is 0 Å². The van der Waals surface area contributed by atoms with Crippen LogP contribution in [-0.2, 0) is 16.0 Å². The summed E-state index contributed by atoms with van der Waals surface area (Å²) in [7, 11) is 0. The second-order valence-electron chi connectivity index (χ2n) is 4.81. The lowest BCUT2D eigenvalue weighted by Crippen LogP contribution is -2.37. The summed E-state index contributed by atoms with van der Waals surface area (Å²) in [6, 6.07) is 6.03. The third-order valence-electron chi connectivity index (χ3n) is 3.05. The first kappa shape index (κ1) is 16.5. The minimum absolute atomic E-state index is 0.0402. The highest BCUT2D eigenvalue weighted by molar-refractivity contribution is 5.90. The first-order valence-corrected chi connectivity index (χ1v) is 7.05. The van der Waals surface area contributed by atoms with Crippen molar-refractivity contribution in [3.05, 3.63) is 59.9 Å². The molecule has 0 aliphatic heterocycles. The number of benzene rings is 1. The standard InChI is InChI=1S/C16H16FN3O3/c1-11(23-16(22)14-10-18-8-9-19-14)15(21)20-7-6-12-2-4-13(17)5-3-12/h2-5,8-11H,6-7H2,1H3,(H,20,21)/t11-/m0/s1. The molecule has 2 rings (SSSR count). The molecule has 1 aromatic heterocycles. The summed E-state index contributed by atoms with van der Waals surface area (Å²) in [4.78, 5) is 31.2. The van der Waals surface area contributed by atoms with Gasteiger partial charge in [0.05, 0.1) is 6.20 Å². The zero-order valence-electron chi connectivity index (χ0n) is 12.5. The van der Waals surface area contributed by atoms with E-state index in [1.807, 2.05) is 0 Å². The molecule has 7 heteroatoms. The van der Waals surface area contributed by atoms with E-state index in [9.17, 15) is 14.0 Å². The number of halogens is 1. The van der Waals surface area contributed by atoms with Crippen molar-refractivity contribution in [1.82, 2.24) is 15.3 Å². The number of amides is 1. The third kappa shape index (κ3) is 5.14. The number of rotatable bonds is 6. The van der Waals surface area contributed by atoms with E-state index in [-0.39, 0.29) is 11.5 Å². The summed E-state index contributed by atoms with van der Waals surface area (Å²) >= 11 is 0. The maximum absolute atomic E-state index is 12.8. The summed E-state index contributed by atoms with van der Waals surface area (Å²) in [6.45, 7) is 1.83. The van der Waals surface area contributed by atoms with Crippen LogP contribution in [0.25, 0.3) is 0 Å². The molecule has 0 saturated heterocycles. The minimum Gasteiger partial charge on any atom is -0.448 e. The van der Waals surface area contributed by atoms with Crippen LogP contribution in [0.1, 0.15) is 23.0 Å². The van der Waals surface area contributed by atoms with Crippen molar-refractivity contribution >= 4 is 11.9 Å². The Balaban J connectivity index is 1.76. The summed E-state index contributed by atoms with van der Waals surface area (Å²) in [5.41, 5.74) is 0.939. The van der Waals surface area contributed by atoms with E-state index in [0.29, 0.717) is 13.0 Å². The van der Waals surface area contributed by atoms with Crippen molar-refractivity contribution in [3.63, 3.8) is 0 Å². The maximum Gasteiger partial charge on any atom is 0.359 e. The average Bonchev–Trinajstić information content (AvgIpc) is 2.57. The Labute approximate surface area is 132 Å². The molecular weight excluding hydrogens is 301 g/mol. The largest absolute Gasteiger partial charge is 0.448 e. The zero-order chi connectivity index (χ0) is 16.7. The summed E-state index contributed by atoms with van der Waals surface area (Å²) in [6.07, 6.45) is 3.67. The normalized spacial score (nSPS) is 11.6. The van der Waals surface area contributed by atoms with Gasteiger partial charge in [-0.3, -0.25) is 9.78 Å². The van der Waals surface area contributed by atoms with Crippen LogP contribution in [0.3, 0.4) is 0 Å². The topological polar surface area (TPSA) is 81.2 Å². The van der Waals surface area contributed by atoms with Crippen LogP contribution < -0.4 is 5.32 Å². The molecule has 23 heavy (non-hydrogen) atoms. The number of ether oxygens (including phenoxy) is 1. The number of nitrogens with zero attached hydrogens (tertiary/aromatic N) is 2. The monoisotopic (exact) mass is 317 g/mol. The van der Waals surface area contributed by atoms with Gasteiger partial charge in [-0.25, -0.2) is 14.2 Å². The van der Waals surface area contributed by atoms with Crippen molar-refractivity contribution < 1.29 is 18.7 Å². The lowest BCUT2D eigenvalue weighted by atomic mass is 10.1. The van der Waals surface area contributed by atoms with Crippen molar-refractivity contribution in [2.45, 2.75) is 19.4 Å². The Kier molecular flexibility index (Phi) is 5.74. The van der Waals surface area contributed by atoms with Gasteiger partial charge in [0.15, 0.2) is 11.8 Å². The van der Waals surface area contributed by atoms with E-state index in [2.05, 4.69) is 15.3 Å². The lowest BCUT2D eigenvalue weighted by Gasteiger charge is -2.13. The molecule has 6 nitrogen and oxygen atoms in total. The number of esters is 1. The summed E-state index contributed by atoms with van der Waals surface area (Å²) < 4.78 is 17.8. The van der Waals surface area contributed by atoms with Crippen molar-refractivity contribution in [3.8, 4) is 0 Å². The van der Waals surface area contributed by atoms with E-state index in [0.717, 1.165) is 5.56 Å². The van der Waals surface area contributed by atoms with Gasteiger partial charge in [-0.2, -0.15) is 0 Å². The molecule has 1 aromatic carbocycles. The van der Waals surface area contributed by atoms with E-state index in [1.165, 1.54) is 37.6 Å². The number of hydrogen-bond donors (Lipinski definition) is 1. The minimum atomic E-state index is -0.947. The molecular formula is C16H16FN3O3. The summed E-state index contributed by atoms with van der Waals surface area (Å²) in [5.74, 6) is -1.43. The number of nitrogens with one attached hydrogen (secondary N) is 1. The molecule has 0 saturated carbocycles. The second-order valence-corrected chi connectivity index (χ2v) is 4.81. The van der Waals surface area contributed by atoms with E-state index in [1.54, 1.807) is 12.1 Å². The zero-order valence-corrected chi connectivity index (χ0v) is 12.5. The van der Waals surface area contributed by atoms with E-state index < -0.39 is 18.0 Å². The van der Waals surface area contributed by atoms with Crippen molar-refractivity contribution in [2.75, 3.05) is 6.54 Å². The Bertz CT molecular complexity index is 662. The van der Waals surface area contributed by atoms with E-state index >= 15 is 0 Å². The van der Waals surface area contributed by atoms with Crippen LogP contribution >= 0.6 is 0 Å². The van der Waals surface area contributed by atoms with Crippen LogP contribution in [0.15, 0.2) is 42.9 Å². The molecule has 0 aliphatic carbocycles. The molecule has 0 bridgehead atoms. The summed E-state index contributed by atoms with van der Waals surface area (Å²) in [5, 5.41) is 2.66. The fraction of sp³-hybridized carbons (Fsp3) is 0.250. The first-order valence-electron chi connectivity index (χ1n) is 7.05.